The Morgan fingerprint density at radius 2 is 1.79 bits per heavy atom. The number of aliphatic hydroxyl groups excluding tert-OH is 1. The van der Waals surface area contributed by atoms with Crippen LogP contribution in [0.5, 0.6) is 0 Å². The van der Waals surface area contributed by atoms with Gasteiger partial charge in [0.1, 0.15) is 6.04 Å². The van der Waals surface area contributed by atoms with Crippen LogP contribution in [0.1, 0.15) is 13.3 Å². The van der Waals surface area contributed by atoms with Gasteiger partial charge in [0.15, 0.2) is 0 Å². The van der Waals surface area contributed by atoms with Gasteiger partial charge in [0.2, 0.25) is 0 Å². The zero-order valence-corrected chi connectivity index (χ0v) is 7.88. The van der Waals surface area contributed by atoms with Gasteiger partial charge in [-0.15, -0.1) is 0 Å². The summed E-state index contributed by atoms with van der Waals surface area (Å²) < 4.78 is 0. The van der Waals surface area contributed by atoms with E-state index >= 15 is 0 Å². The summed E-state index contributed by atoms with van der Waals surface area (Å²) in [6.45, 7) is 1.56. The quantitative estimate of drug-likeness (QED) is 0.366. The van der Waals surface area contributed by atoms with E-state index in [1.54, 1.807) is 0 Å². The maximum atomic E-state index is 9.86. The van der Waals surface area contributed by atoms with Crippen molar-refractivity contribution in [2.45, 2.75) is 25.5 Å². The number of carbonyl (C=O) groups is 2. The molecule has 0 bridgehead atoms. The minimum absolute atomic E-state index is 0.0694. The first-order valence-electron chi connectivity index (χ1n) is 3.91. The lowest BCUT2D eigenvalue weighted by atomic mass is 10.2. The summed E-state index contributed by atoms with van der Waals surface area (Å²) in [5.74, 6) is -2.02. The van der Waals surface area contributed by atoms with Crippen LogP contribution in [0.2, 0.25) is 0 Å². The Kier molecular flexibility index (Phi) is 9.20. The molecule has 2 unspecified atom stereocenters. The second-order valence-corrected chi connectivity index (χ2v) is 2.54. The largest absolute Gasteiger partial charge is 0.481 e. The SMILES string of the molecule is CC(O)C(N)C(=O)O.NCCC(=O)O. The molecule has 14 heavy (non-hydrogen) atoms. The number of hydrogen-bond acceptors (Lipinski definition) is 5. The lowest BCUT2D eigenvalue weighted by molar-refractivity contribution is -0.141. The summed E-state index contributed by atoms with van der Waals surface area (Å²) in [5, 5.41) is 24.4. The number of carboxylic acids is 2. The first kappa shape index (κ1) is 15.3. The van der Waals surface area contributed by atoms with Crippen LogP contribution < -0.4 is 11.5 Å². The van der Waals surface area contributed by atoms with Crippen molar-refractivity contribution in [3.8, 4) is 0 Å². The lowest BCUT2D eigenvalue weighted by Crippen LogP contribution is -2.39. The van der Waals surface area contributed by atoms with Crippen LogP contribution in [0, 0.1) is 0 Å². The maximum Gasteiger partial charge on any atom is 0.323 e. The molecular formula is C7H16N2O5. The molecule has 0 saturated carbocycles. The molecule has 2 atom stereocenters. The van der Waals surface area contributed by atoms with Crippen molar-refractivity contribution >= 4 is 11.9 Å². The highest BCUT2D eigenvalue weighted by molar-refractivity contribution is 5.73. The average molecular weight is 208 g/mol. The van der Waals surface area contributed by atoms with Gasteiger partial charge >= 0.3 is 11.9 Å². The zero-order valence-electron chi connectivity index (χ0n) is 7.88. The number of carboxylic acid groups (broad SMARTS) is 2. The Morgan fingerprint density at radius 3 is 1.79 bits per heavy atom. The number of aliphatic hydroxyl groups is 1. The highest BCUT2D eigenvalue weighted by atomic mass is 16.4. The molecule has 0 aliphatic carbocycles. The molecule has 0 heterocycles. The summed E-state index contributed by atoms with van der Waals surface area (Å²) in [5.41, 5.74) is 9.76. The van der Waals surface area contributed by atoms with Gasteiger partial charge in [-0.1, -0.05) is 0 Å². The first-order valence-corrected chi connectivity index (χ1v) is 3.91. The van der Waals surface area contributed by atoms with E-state index < -0.39 is 24.1 Å². The van der Waals surface area contributed by atoms with Crippen LogP contribution in [0.15, 0.2) is 0 Å². The Morgan fingerprint density at radius 1 is 1.36 bits per heavy atom. The molecule has 0 aliphatic heterocycles. The fourth-order valence-corrected chi connectivity index (χ4v) is 0.330. The van der Waals surface area contributed by atoms with E-state index in [4.69, 9.17) is 26.8 Å². The number of rotatable bonds is 4. The normalized spacial score (nSPS) is 13.4. The van der Waals surface area contributed by atoms with Crippen LogP contribution in [-0.2, 0) is 9.59 Å². The molecule has 7 N–H and O–H groups in total. The number of aliphatic carboxylic acids is 2. The third kappa shape index (κ3) is 10.8. The van der Waals surface area contributed by atoms with Crippen molar-refractivity contribution in [2.24, 2.45) is 11.5 Å². The summed E-state index contributed by atoms with van der Waals surface area (Å²) >= 11 is 0. The second kappa shape index (κ2) is 8.42. The van der Waals surface area contributed by atoms with Crippen LogP contribution in [0.4, 0.5) is 0 Å². The molecule has 0 rings (SSSR count). The summed E-state index contributed by atoms with van der Waals surface area (Å²) in [7, 11) is 0. The van der Waals surface area contributed by atoms with Crippen molar-refractivity contribution in [3.05, 3.63) is 0 Å². The smallest absolute Gasteiger partial charge is 0.323 e. The third-order valence-corrected chi connectivity index (χ3v) is 1.16. The van der Waals surface area contributed by atoms with Crippen LogP contribution >= 0.6 is 0 Å². The molecule has 0 aromatic rings. The second-order valence-electron chi connectivity index (χ2n) is 2.54. The van der Waals surface area contributed by atoms with Gasteiger partial charge in [-0.25, -0.2) is 0 Å². The van der Waals surface area contributed by atoms with Crippen molar-refractivity contribution in [2.75, 3.05) is 6.54 Å². The monoisotopic (exact) mass is 208 g/mol. The van der Waals surface area contributed by atoms with Gasteiger partial charge in [0.25, 0.3) is 0 Å². The number of nitrogens with two attached hydrogens (primary N) is 2. The van der Waals surface area contributed by atoms with E-state index in [1.165, 1.54) is 6.92 Å². The molecule has 84 valence electrons. The van der Waals surface area contributed by atoms with Gasteiger partial charge in [0, 0.05) is 6.54 Å². The van der Waals surface area contributed by atoms with Gasteiger partial charge in [-0.2, -0.15) is 0 Å². The zero-order chi connectivity index (χ0) is 11.7. The molecule has 0 aromatic carbocycles. The molecule has 0 radical (unpaired) electrons. The molecule has 7 nitrogen and oxygen atoms in total. The maximum absolute atomic E-state index is 9.86. The van der Waals surface area contributed by atoms with E-state index in [-0.39, 0.29) is 13.0 Å². The number of hydrogen-bond donors (Lipinski definition) is 5. The predicted octanol–water partition coefficient (Wildman–Crippen LogP) is -1.80. The van der Waals surface area contributed by atoms with E-state index in [9.17, 15) is 9.59 Å². The van der Waals surface area contributed by atoms with E-state index in [0.29, 0.717) is 0 Å². The molecule has 0 fully saturated rings. The van der Waals surface area contributed by atoms with Gasteiger partial charge in [0.05, 0.1) is 12.5 Å². The minimum atomic E-state index is -1.18. The van der Waals surface area contributed by atoms with Crippen molar-refractivity contribution in [1.29, 1.82) is 0 Å². The fourth-order valence-electron chi connectivity index (χ4n) is 0.330. The van der Waals surface area contributed by atoms with Crippen LogP contribution in [-0.4, -0.2) is 45.9 Å². The summed E-state index contributed by atoms with van der Waals surface area (Å²) in [6, 6.07) is -1.16. The first-order chi connectivity index (χ1) is 6.32. The molecule has 0 spiro atoms. The summed E-state index contributed by atoms with van der Waals surface area (Å²) in [4.78, 5) is 19.4. The molecule has 0 aromatic heterocycles. The standard InChI is InChI=1S/C4H9NO3.C3H7NO2/c1-2(6)3(5)4(7)8;4-2-1-3(5)6/h2-3,6H,5H2,1H3,(H,7,8);1-2,4H2,(H,5,6). The van der Waals surface area contributed by atoms with Crippen LogP contribution in [0.25, 0.3) is 0 Å². The Hall–Kier alpha value is -1.18. The molecule has 7 heteroatoms. The Labute approximate surface area is 81.3 Å². The molecule has 0 saturated heterocycles. The average Bonchev–Trinajstić information content (AvgIpc) is 2.03. The highest BCUT2D eigenvalue weighted by Gasteiger charge is 2.16. The van der Waals surface area contributed by atoms with Crippen molar-refractivity contribution < 1.29 is 24.9 Å². The lowest BCUT2D eigenvalue weighted by Gasteiger charge is -2.06. The minimum Gasteiger partial charge on any atom is -0.481 e. The Bertz CT molecular complexity index is 183. The third-order valence-electron chi connectivity index (χ3n) is 1.16. The Balaban J connectivity index is 0. The predicted molar refractivity (Wildman–Crippen MR) is 48.6 cm³/mol. The van der Waals surface area contributed by atoms with Gasteiger partial charge in [-0.3, -0.25) is 9.59 Å². The van der Waals surface area contributed by atoms with E-state index in [2.05, 4.69) is 0 Å². The van der Waals surface area contributed by atoms with Gasteiger partial charge in [-0.05, 0) is 6.92 Å². The van der Waals surface area contributed by atoms with Crippen molar-refractivity contribution in [1.82, 2.24) is 0 Å². The molecular weight excluding hydrogens is 192 g/mol. The highest BCUT2D eigenvalue weighted by Crippen LogP contribution is 1.85. The molecule has 0 amide bonds. The van der Waals surface area contributed by atoms with Crippen molar-refractivity contribution in [3.63, 3.8) is 0 Å². The molecule has 0 aliphatic rings. The summed E-state index contributed by atoms with van der Waals surface area (Å²) in [6.07, 6.45) is -0.910. The fraction of sp³-hybridized carbons (Fsp3) is 0.714. The van der Waals surface area contributed by atoms with Gasteiger partial charge < -0.3 is 26.8 Å². The topological polar surface area (TPSA) is 147 Å². The van der Waals surface area contributed by atoms with E-state index in [1.807, 2.05) is 0 Å². The van der Waals surface area contributed by atoms with E-state index in [0.717, 1.165) is 0 Å². The van der Waals surface area contributed by atoms with Crippen LogP contribution in [0.3, 0.4) is 0 Å².